The fourth-order valence-electron chi connectivity index (χ4n) is 4.64. The fourth-order valence-corrected chi connectivity index (χ4v) is 4.64. The number of aliphatic hydroxyl groups is 1. The van der Waals surface area contributed by atoms with Crippen LogP contribution in [0.5, 0.6) is 5.88 Å². The molecule has 0 radical (unpaired) electrons. The van der Waals surface area contributed by atoms with E-state index in [0.717, 1.165) is 24.0 Å². The fraction of sp³-hybridized carbons (Fsp3) is 0.538. The van der Waals surface area contributed by atoms with E-state index in [0.29, 0.717) is 31.9 Å². The first-order valence-electron chi connectivity index (χ1n) is 12.2. The monoisotopic (exact) mass is 482 g/mol. The van der Waals surface area contributed by atoms with Crippen molar-refractivity contribution in [1.82, 2.24) is 19.8 Å². The second kappa shape index (κ2) is 11.1. The Hall–Kier alpha value is -3.04. The molecule has 4 rings (SSSR count). The molecule has 2 amide bonds. The Morgan fingerprint density at radius 3 is 2.66 bits per heavy atom. The van der Waals surface area contributed by atoms with Crippen LogP contribution in [0.3, 0.4) is 0 Å². The van der Waals surface area contributed by atoms with Crippen LogP contribution in [0.25, 0.3) is 11.1 Å². The van der Waals surface area contributed by atoms with E-state index in [9.17, 15) is 14.7 Å². The summed E-state index contributed by atoms with van der Waals surface area (Å²) in [7, 11) is 1.80. The summed E-state index contributed by atoms with van der Waals surface area (Å²) in [6.45, 7) is 5.64. The van der Waals surface area contributed by atoms with E-state index in [2.05, 4.69) is 9.97 Å². The Labute approximate surface area is 206 Å². The molecule has 2 aromatic heterocycles. The van der Waals surface area contributed by atoms with Crippen molar-refractivity contribution in [2.75, 3.05) is 40.0 Å². The van der Waals surface area contributed by atoms with Gasteiger partial charge in [-0.05, 0) is 43.5 Å². The number of rotatable bonds is 6. The van der Waals surface area contributed by atoms with E-state index in [1.807, 2.05) is 26.0 Å². The lowest BCUT2D eigenvalue weighted by Crippen LogP contribution is -2.51. The van der Waals surface area contributed by atoms with E-state index in [1.54, 1.807) is 41.5 Å². The molecule has 1 N–H and O–H groups in total. The van der Waals surface area contributed by atoms with Gasteiger partial charge in [-0.15, -0.1) is 0 Å². The molecule has 0 unspecified atom stereocenters. The van der Waals surface area contributed by atoms with Gasteiger partial charge in [-0.1, -0.05) is 6.92 Å². The molecule has 0 aliphatic carbocycles. The maximum absolute atomic E-state index is 13.6. The van der Waals surface area contributed by atoms with Crippen molar-refractivity contribution in [3.8, 4) is 17.0 Å². The second-order valence-electron chi connectivity index (χ2n) is 9.54. The van der Waals surface area contributed by atoms with E-state index >= 15 is 0 Å². The third kappa shape index (κ3) is 5.62. The number of nitrogens with zero attached hydrogens (tertiary/aromatic N) is 4. The van der Waals surface area contributed by atoms with Gasteiger partial charge in [-0.2, -0.15) is 0 Å². The normalized spacial score (nSPS) is 21.9. The van der Waals surface area contributed by atoms with Crippen molar-refractivity contribution in [3.63, 3.8) is 0 Å². The van der Waals surface area contributed by atoms with Crippen LogP contribution in [0.15, 0.2) is 36.8 Å². The predicted octanol–water partition coefficient (Wildman–Crippen LogP) is 2.25. The van der Waals surface area contributed by atoms with Gasteiger partial charge in [-0.3, -0.25) is 14.6 Å². The van der Waals surface area contributed by atoms with Gasteiger partial charge in [0.25, 0.3) is 5.91 Å². The van der Waals surface area contributed by atoms with Crippen molar-refractivity contribution < 1.29 is 24.2 Å². The highest BCUT2D eigenvalue weighted by Crippen LogP contribution is 2.30. The lowest BCUT2D eigenvalue weighted by molar-refractivity contribution is -0.138. The molecule has 1 saturated heterocycles. The zero-order chi connectivity index (χ0) is 24.9. The summed E-state index contributed by atoms with van der Waals surface area (Å²) in [6.07, 6.45) is 6.14. The first kappa shape index (κ1) is 25.1. The van der Waals surface area contributed by atoms with Crippen LogP contribution in [0.1, 0.15) is 37.0 Å². The van der Waals surface area contributed by atoms with E-state index in [1.165, 1.54) is 0 Å². The molecule has 0 saturated carbocycles. The van der Waals surface area contributed by atoms with Crippen molar-refractivity contribution in [2.45, 2.75) is 38.8 Å². The summed E-state index contributed by atoms with van der Waals surface area (Å²) in [4.78, 5) is 38.6. The number of amides is 2. The van der Waals surface area contributed by atoms with Gasteiger partial charge in [0, 0.05) is 62.8 Å². The Morgan fingerprint density at radius 1 is 1.26 bits per heavy atom. The molecule has 0 spiro atoms. The topological polar surface area (TPSA) is 105 Å². The van der Waals surface area contributed by atoms with Gasteiger partial charge in [-0.25, -0.2) is 4.98 Å². The summed E-state index contributed by atoms with van der Waals surface area (Å²) in [5, 5.41) is 9.85. The zero-order valence-electron chi connectivity index (χ0n) is 20.6. The number of carbonyl (C=O) groups is 2. The second-order valence-corrected chi connectivity index (χ2v) is 9.54. The van der Waals surface area contributed by atoms with Gasteiger partial charge >= 0.3 is 0 Å². The Balaban J connectivity index is 1.64. The minimum absolute atomic E-state index is 0.0431. The molecule has 9 nitrogen and oxygen atoms in total. The van der Waals surface area contributed by atoms with E-state index in [-0.39, 0.29) is 48.3 Å². The Kier molecular flexibility index (Phi) is 7.97. The van der Waals surface area contributed by atoms with Crippen LogP contribution in [-0.2, 0) is 9.53 Å². The van der Waals surface area contributed by atoms with Crippen molar-refractivity contribution in [2.24, 2.45) is 11.8 Å². The largest absolute Gasteiger partial charge is 0.472 e. The number of pyridine rings is 2. The molecular weight excluding hydrogens is 448 g/mol. The molecule has 2 aliphatic heterocycles. The van der Waals surface area contributed by atoms with Crippen LogP contribution >= 0.6 is 0 Å². The van der Waals surface area contributed by atoms with Gasteiger partial charge in [0.15, 0.2) is 0 Å². The highest BCUT2D eigenvalue weighted by Gasteiger charge is 2.35. The maximum Gasteiger partial charge on any atom is 0.259 e. The highest BCUT2D eigenvalue weighted by atomic mass is 16.5. The molecular formula is C26H34N4O5. The number of likely N-dealkylation sites (N-methyl/N-ethyl adjacent to an activating group) is 1. The van der Waals surface area contributed by atoms with Gasteiger partial charge in [0.2, 0.25) is 11.8 Å². The molecule has 35 heavy (non-hydrogen) atoms. The minimum atomic E-state index is -0.372. The van der Waals surface area contributed by atoms with Crippen molar-refractivity contribution >= 4 is 11.8 Å². The number of aliphatic hydroxyl groups excluding tert-OH is 1. The SMILES string of the molecule is C[C@H]1CN([C@@H](C)CO)C(=O)c2cc(-c3ccncc3)cnc2O[C@H]1CN(C)C(=O)C1CCOCC1. The average Bonchev–Trinajstić information content (AvgIpc) is 2.90. The Bertz CT molecular complexity index is 1030. The number of fused-ring (bicyclic) bond motifs is 1. The number of hydrogen-bond acceptors (Lipinski definition) is 7. The number of aromatic nitrogens is 2. The smallest absolute Gasteiger partial charge is 0.259 e. The number of carbonyl (C=O) groups excluding carboxylic acids is 2. The first-order chi connectivity index (χ1) is 16.9. The van der Waals surface area contributed by atoms with Gasteiger partial charge in [0.05, 0.1) is 19.2 Å². The summed E-state index contributed by atoms with van der Waals surface area (Å²) >= 11 is 0. The highest BCUT2D eigenvalue weighted by molar-refractivity contribution is 5.98. The number of ether oxygens (including phenoxy) is 2. The van der Waals surface area contributed by atoms with E-state index < -0.39 is 0 Å². The van der Waals surface area contributed by atoms with Crippen LogP contribution < -0.4 is 4.74 Å². The molecule has 188 valence electrons. The van der Waals surface area contributed by atoms with Gasteiger partial charge < -0.3 is 24.4 Å². The summed E-state index contributed by atoms with van der Waals surface area (Å²) in [6, 6.07) is 5.12. The van der Waals surface area contributed by atoms with Crippen LogP contribution in [0.4, 0.5) is 0 Å². The minimum Gasteiger partial charge on any atom is -0.472 e. The average molecular weight is 483 g/mol. The molecule has 2 aromatic rings. The molecule has 0 aromatic carbocycles. The third-order valence-electron chi connectivity index (χ3n) is 6.94. The summed E-state index contributed by atoms with van der Waals surface area (Å²) in [5.74, 6) is -0.0384. The van der Waals surface area contributed by atoms with Crippen LogP contribution in [0, 0.1) is 11.8 Å². The third-order valence-corrected chi connectivity index (χ3v) is 6.94. The molecule has 4 heterocycles. The van der Waals surface area contributed by atoms with Crippen molar-refractivity contribution in [3.05, 3.63) is 42.4 Å². The lowest BCUT2D eigenvalue weighted by Gasteiger charge is -2.38. The molecule has 1 fully saturated rings. The molecule has 9 heteroatoms. The standard InChI is InChI=1S/C26H34N4O5/c1-17-14-30(18(2)16-31)26(33)22-12-21(19-4-8-27-9-5-19)13-28-24(22)35-23(17)15-29(3)25(32)20-6-10-34-11-7-20/h4-5,8-9,12-13,17-18,20,23,31H,6-7,10-11,14-16H2,1-3H3/t17-,18-,23-/m0/s1. The number of hydrogen-bond donors (Lipinski definition) is 1. The molecule has 2 aliphatic rings. The lowest BCUT2D eigenvalue weighted by atomic mass is 9.97. The first-order valence-corrected chi connectivity index (χ1v) is 12.2. The van der Waals surface area contributed by atoms with Crippen molar-refractivity contribution in [1.29, 1.82) is 0 Å². The van der Waals surface area contributed by atoms with E-state index in [4.69, 9.17) is 9.47 Å². The quantitative estimate of drug-likeness (QED) is 0.673. The summed E-state index contributed by atoms with van der Waals surface area (Å²) < 4.78 is 11.7. The van der Waals surface area contributed by atoms with Gasteiger partial charge in [0.1, 0.15) is 11.7 Å². The van der Waals surface area contributed by atoms with Crippen LogP contribution in [-0.4, -0.2) is 88.8 Å². The molecule has 0 bridgehead atoms. The predicted molar refractivity (Wildman–Crippen MR) is 130 cm³/mol. The maximum atomic E-state index is 13.6. The Morgan fingerprint density at radius 2 is 1.97 bits per heavy atom. The summed E-state index contributed by atoms with van der Waals surface area (Å²) in [5.41, 5.74) is 2.00. The van der Waals surface area contributed by atoms with Crippen LogP contribution in [0.2, 0.25) is 0 Å². The molecule has 3 atom stereocenters. The zero-order valence-corrected chi connectivity index (χ0v) is 20.6.